The average molecular weight is 739 g/mol. The smallest absolute Gasteiger partial charge is 0.471 e. The summed E-state index contributed by atoms with van der Waals surface area (Å²) in [5, 5.41) is 0.125. The molecule has 278 valence electrons. The van der Waals surface area contributed by atoms with Crippen molar-refractivity contribution in [2.75, 3.05) is 18.6 Å². The molecule has 0 bridgehead atoms. The molecule has 1 fully saturated rings. The molecule has 0 radical (unpaired) electrons. The van der Waals surface area contributed by atoms with Gasteiger partial charge in [-0.2, -0.15) is 13.2 Å². The minimum absolute atomic E-state index is 0.0425. The standard InChI is InChI=1S/C41H46ClF3N2O5/c1-24(23-52-35-12-17-46-34-11-6-8-25(2)36(34)35)18-29-21-32-26(3)19-28(27(4)48)20-33(32)39(29)13-15-40(16-14-39,38(50)51-5)47(37(49)41(43,44)45)31-10-7-9-30(42)22-31/h7,9-10,12,17,19-20,22,24-25,29H,6,8,11,13-16,18,21,23H2,1-5H3/t24-,25-,29?,39?,40?/m1/s1. The largest absolute Gasteiger partial charge is 0.493 e. The number of esters is 1. The maximum atomic E-state index is 14.3. The first kappa shape index (κ1) is 37.8. The number of amides is 1. The van der Waals surface area contributed by atoms with Gasteiger partial charge >= 0.3 is 18.1 Å². The Labute approximate surface area is 308 Å². The van der Waals surface area contributed by atoms with E-state index in [1.54, 1.807) is 6.20 Å². The van der Waals surface area contributed by atoms with Crippen LogP contribution in [-0.2, 0) is 32.6 Å². The average Bonchev–Trinajstić information content (AvgIpc) is 3.39. The van der Waals surface area contributed by atoms with Gasteiger partial charge in [-0.25, -0.2) is 4.79 Å². The first-order valence-electron chi connectivity index (χ1n) is 18.1. The SMILES string of the molecule is COC(=O)C1(N(C(=O)C(F)(F)F)c2cccc(Cl)c2)CCC2(CC1)c1cc(C(C)=O)cc(C)c1CC2C[C@@H](C)COc1ccnc2c1[C@H](C)CCC2. The maximum Gasteiger partial charge on any atom is 0.471 e. The Morgan fingerprint density at radius 2 is 1.83 bits per heavy atom. The zero-order chi connectivity index (χ0) is 37.6. The van der Waals surface area contributed by atoms with Crippen LogP contribution in [0.4, 0.5) is 18.9 Å². The second-order valence-electron chi connectivity index (χ2n) is 15.2. The van der Waals surface area contributed by atoms with Gasteiger partial charge in [-0.05, 0) is 148 Å². The van der Waals surface area contributed by atoms with Crippen molar-refractivity contribution in [3.05, 3.63) is 87.2 Å². The van der Waals surface area contributed by atoms with Crippen molar-refractivity contribution in [1.29, 1.82) is 0 Å². The van der Waals surface area contributed by atoms with Gasteiger partial charge in [0.1, 0.15) is 11.3 Å². The molecule has 3 aromatic rings. The Bertz CT molecular complexity index is 1870. The number of aryl methyl sites for hydroxylation is 2. The number of carbonyl (C=O) groups is 3. The molecule has 1 aromatic heterocycles. The van der Waals surface area contributed by atoms with E-state index >= 15 is 0 Å². The predicted molar refractivity (Wildman–Crippen MR) is 193 cm³/mol. The highest BCUT2D eigenvalue weighted by Gasteiger charge is 2.60. The third kappa shape index (κ3) is 6.83. The molecular weight excluding hydrogens is 693 g/mol. The summed E-state index contributed by atoms with van der Waals surface area (Å²) in [6.45, 7) is 8.34. The number of Topliss-reactive ketones (excluding diaryl/α,β-unsaturated/α-hetero) is 1. The van der Waals surface area contributed by atoms with Crippen molar-refractivity contribution >= 4 is 34.9 Å². The molecular formula is C41H46ClF3N2O5. The molecule has 1 unspecified atom stereocenters. The summed E-state index contributed by atoms with van der Waals surface area (Å²) in [4.78, 5) is 44.9. The van der Waals surface area contributed by atoms with Crippen molar-refractivity contribution in [3.8, 4) is 5.75 Å². The van der Waals surface area contributed by atoms with E-state index in [0.29, 0.717) is 35.8 Å². The number of hydrogen-bond donors (Lipinski definition) is 0. The molecule has 11 heteroatoms. The molecule has 0 N–H and O–H groups in total. The number of pyridine rings is 1. The van der Waals surface area contributed by atoms with Crippen LogP contribution in [0.15, 0.2) is 48.7 Å². The molecule has 52 heavy (non-hydrogen) atoms. The van der Waals surface area contributed by atoms with Crippen LogP contribution in [0, 0.1) is 18.8 Å². The Hall–Kier alpha value is -3.92. The number of anilines is 1. The van der Waals surface area contributed by atoms with Gasteiger partial charge in [-0.15, -0.1) is 0 Å². The molecule has 1 saturated carbocycles. The second-order valence-corrected chi connectivity index (χ2v) is 15.6. The number of benzene rings is 2. The molecule has 1 heterocycles. The molecule has 3 atom stereocenters. The number of aromatic nitrogens is 1. The Kier molecular flexibility index (Phi) is 10.5. The lowest BCUT2D eigenvalue weighted by Crippen LogP contribution is -2.63. The quantitative estimate of drug-likeness (QED) is 0.161. The number of carbonyl (C=O) groups excluding carboxylic acids is 3. The number of ether oxygens (including phenoxy) is 2. The van der Waals surface area contributed by atoms with Gasteiger partial charge in [-0.3, -0.25) is 19.5 Å². The Morgan fingerprint density at radius 1 is 1.10 bits per heavy atom. The fourth-order valence-electron chi connectivity index (χ4n) is 9.36. The predicted octanol–water partition coefficient (Wildman–Crippen LogP) is 9.28. The number of hydrogen-bond acceptors (Lipinski definition) is 6. The van der Waals surface area contributed by atoms with Gasteiger partial charge in [0.15, 0.2) is 5.78 Å². The van der Waals surface area contributed by atoms with Crippen LogP contribution in [0.25, 0.3) is 0 Å². The van der Waals surface area contributed by atoms with E-state index in [2.05, 4.69) is 18.8 Å². The molecule has 1 amide bonds. The fourth-order valence-corrected chi connectivity index (χ4v) is 9.54. The van der Waals surface area contributed by atoms with Crippen LogP contribution in [0.3, 0.4) is 0 Å². The van der Waals surface area contributed by atoms with E-state index in [1.165, 1.54) is 36.8 Å². The molecule has 0 aliphatic heterocycles. The first-order valence-corrected chi connectivity index (χ1v) is 18.5. The van der Waals surface area contributed by atoms with Crippen LogP contribution in [0.2, 0.25) is 5.02 Å². The topological polar surface area (TPSA) is 85.8 Å². The molecule has 2 aromatic carbocycles. The number of alkyl halides is 3. The van der Waals surface area contributed by atoms with E-state index in [0.717, 1.165) is 67.3 Å². The van der Waals surface area contributed by atoms with E-state index in [9.17, 15) is 27.6 Å². The number of nitrogens with zero attached hydrogens (tertiary/aromatic N) is 2. The highest BCUT2D eigenvalue weighted by Crippen LogP contribution is 2.58. The van der Waals surface area contributed by atoms with Gasteiger partial charge in [0.05, 0.1) is 13.7 Å². The summed E-state index contributed by atoms with van der Waals surface area (Å²) in [6, 6.07) is 11.3. The molecule has 3 aliphatic carbocycles. The summed E-state index contributed by atoms with van der Waals surface area (Å²) < 4.78 is 54.7. The van der Waals surface area contributed by atoms with Gasteiger partial charge < -0.3 is 9.47 Å². The summed E-state index contributed by atoms with van der Waals surface area (Å²) in [5.74, 6) is -1.78. The van der Waals surface area contributed by atoms with Crippen LogP contribution in [0.1, 0.15) is 110 Å². The zero-order valence-electron chi connectivity index (χ0n) is 30.4. The van der Waals surface area contributed by atoms with Crippen molar-refractivity contribution in [1.82, 2.24) is 4.98 Å². The normalized spacial score (nSPS) is 24.5. The monoisotopic (exact) mass is 738 g/mol. The lowest BCUT2D eigenvalue weighted by Gasteiger charge is -2.51. The number of methoxy groups -OCH3 is 1. The summed E-state index contributed by atoms with van der Waals surface area (Å²) in [5.41, 5.74) is 3.33. The lowest BCUT2D eigenvalue weighted by molar-refractivity contribution is -0.174. The molecule has 0 saturated heterocycles. The van der Waals surface area contributed by atoms with Crippen LogP contribution >= 0.6 is 11.6 Å². The third-order valence-electron chi connectivity index (χ3n) is 11.9. The van der Waals surface area contributed by atoms with Gasteiger partial charge in [0, 0.05) is 33.7 Å². The molecule has 1 spiro atoms. The van der Waals surface area contributed by atoms with Crippen LogP contribution in [-0.4, -0.2) is 48.1 Å². The number of rotatable bonds is 9. The van der Waals surface area contributed by atoms with Gasteiger partial charge in [-0.1, -0.05) is 31.5 Å². The minimum Gasteiger partial charge on any atom is -0.493 e. The van der Waals surface area contributed by atoms with Gasteiger partial charge in [0.25, 0.3) is 0 Å². The molecule has 3 aliphatic rings. The van der Waals surface area contributed by atoms with Crippen molar-refractivity contribution in [2.45, 2.75) is 109 Å². The van der Waals surface area contributed by atoms with Crippen LogP contribution in [0.5, 0.6) is 5.75 Å². The Morgan fingerprint density at radius 3 is 2.48 bits per heavy atom. The molecule has 6 rings (SSSR count). The first-order chi connectivity index (χ1) is 24.6. The maximum absolute atomic E-state index is 14.3. The summed E-state index contributed by atoms with van der Waals surface area (Å²) in [7, 11) is 1.13. The summed E-state index contributed by atoms with van der Waals surface area (Å²) in [6.07, 6.45) is 1.56. The van der Waals surface area contributed by atoms with Crippen molar-refractivity contribution < 1.29 is 37.0 Å². The van der Waals surface area contributed by atoms with E-state index in [-0.39, 0.29) is 41.2 Å². The highest BCUT2D eigenvalue weighted by molar-refractivity contribution is 6.31. The summed E-state index contributed by atoms with van der Waals surface area (Å²) >= 11 is 6.21. The van der Waals surface area contributed by atoms with Crippen molar-refractivity contribution in [3.63, 3.8) is 0 Å². The highest BCUT2D eigenvalue weighted by atomic mass is 35.5. The third-order valence-corrected chi connectivity index (χ3v) is 12.1. The zero-order valence-corrected chi connectivity index (χ0v) is 31.1. The Balaban J connectivity index is 1.36. The van der Waals surface area contributed by atoms with Gasteiger partial charge in [0.2, 0.25) is 0 Å². The van der Waals surface area contributed by atoms with Crippen molar-refractivity contribution in [2.24, 2.45) is 11.8 Å². The van der Waals surface area contributed by atoms with Crippen LogP contribution < -0.4 is 9.64 Å². The number of halogens is 4. The second kappa shape index (κ2) is 14.5. The fraction of sp³-hybridized carbons (Fsp3) is 0.512. The van der Waals surface area contributed by atoms with E-state index in [1.807, 2.05) is 25.1 Å². The number of fused-ring (bicyclic) bond motifs is 3. The lowest BCUT2D eigenvalue weighted by atomic mass is 9.59. The van der Waals surface area contributed by atoms with E-state index < -0.39 is 29.0 Å². The minimum atomic E-state index is -5.27. The number of ketones is 1. The molecule has 7 nitrogen and oxygen atoms in total. The van der Waals surface area contributed by atoms with E-state index in [4.69, 9.17) is 21.1 Å².